The van der Waals surface area contributed by atoms with Crippen molar-refractivity contribution in [3.8, 4) is 0 Å². The second kappa shape index (κ2) is 4.20. The normalized spacial score (nSPS) is 15.5. The van der Waals surface area contributed by atoms with Crippen molar-refractivity contribution in [2.45, 2.75) is 46.3 Å². The molecule has 0 bridgehead atoms. The maximum absolute atomic E-state index is 10.3. The minimum atomic E-state index is -0.512. The highest BCUT2D eigenvalue weighted by molar-refractivity contribution is 5.57. The fraction of sp³-hybridized carbons (Fsp3) is 0.900. The number of ether oxygens (including phenoxy) is 1. The third-order valence-corrected chi connectivity index (χ3v) is 2.62. The quantitative estimate of drug-likeness (QED) is 0.676. The lowest BCUT2D eigenvalue weighted by Gasteiger charge is -2.39. The summed E-state index contributed by atoms with van der Waals surface area (Å²) < 4.78 is 5.59. The van der Waals surface area contributed by atoms with Gasteiger partial charge in [-0.15, -0.1) is 0 Å². The van der Waals surface area contributed by atoms with Crippen molar-refractivity contribution < 1.29 is 9.53 Å². The summed E-state index contributed by atoms with van der Waals surface area (Å²) in [6.45, 7) is 10.6. The van der Waals surface area contributed by atoms with Gasteiger partial charge in [0.25, 0.3) is 0 Å². The van der Waals surface area contributed by atoms with E-state index in [0.717, 1.165) is 0 Å². The van der Waals surface area contributed by atoms with Crippen LogP contribution in [0.5, 0.6) is 0 Å². The highest BCUT2D eigenvalue weighted by atomic mass is 16.5. The van der Waals surface area contributed by atoms with E-state index in [9.17, 15) is 4.79 Å². The average Bonchev–Trinajstić information content (AvgIpc) is 1.98. The van der Waals surface area contributed by atoms with Crippen molar-refractivity contribution in [3.05, 3.63) is 0 Å². The second-order valence-electron chi connectivity index (χ2n) is 4.87. The number of nitrogens with two attached hydrogens (primary N) is 1. The van der Waals surface area contributed by atoms with Gasteiger partial charge in [0.1, 0.15) is 6.29 Å². The molecule has 13 heavy (non-hydrogen) atoms. The van der Waals surface area contributed by atoms with Crippen molar-refractivity contribution in [1.29, 1.82) is 0 Å². The summed E-state index contributed by atoms with van der Waals surface area (Å²) in [5.41, 5.74) is 5.20. The monoisotopic (exact) mass is 187 g/mol. The zero-order valence-corrected chi connectivity index (χ0v) is 9.26. The van der Waals surface area contributed by atoms with Crippen molar-refractivity contribution in [3.63, 3.8) is 0 Å². The van der Waals surface area contributed by atoms with Gasteiger partial charge in [-0.3, -0.25) is 0 Å². The molecule has 0 radical (unpaired) electrons. The van der Waals surface area contributed by atoms with Crippen molar-refractivity contribution >= 4 is 6.29 Å². The Labute approximate surface area is 80.6 Å². The first-order chi connectivity index (χ1) is 5.70. The zero-order chi connectivity index (χ0) is 10.7. The molecule has 0 aliphatic heterocycles. The van der Waals surface area contributed by atoms with Gasteiger partial charge in [0.2, 0.25) is 0 Å². The first-order valence-electron chi connectivity index (χ1n) is 4.55. The van der Waals surface area contributed by atoms with E-state index in [1.54, 1.807) is 0 Å². The Kier molecular flexibility index (Phi) is 4.07. The molecule has 0 heterocycles. The molecule has 78 valence electrons. The van der Waals surface area contributed by atoms with Crippen molar-refractivity contribution in [2.75, 3.05) is 6.61 Å². The average molecular weight is 187 g/mol. The summed E-state index contributed by atoms with van der Waals surface area (Å²) in [5, 5.41) is 0. The molecule has 0 saturated heterocycles. The largest absolute Gasteiger partial charge is 0.373 e. The minimum Gasteiger partial charge on any atom is -0.373 e. The number of rotatable bonds is 4. The van der Waals surface area contributed by atoms with Gasteiger partial charge >= 0.3 is 0 Å². The van der Waals surface area contributed by atoms with E-state index in [2.05, 4.69) is 20.8 Å². The summed E-state index contributed by atoms with van der Waals surface area (Å²) in [6, 6.07) is -0.512. The molecule has 0 amide bonds. The van der Waals surface area contributed by atoms with Gasteiger partial charge < -0.3 is 15.3 Å². The van der Waals surface area contributed by atoms with Crippen LogP contribution in [0.3, 0.4) is 0 Å². The summed E-state index contributed by atoms with van der Waals surface area (Å²) in [6.07, 6.45) is 0.707. The molecular weight excluding hydrogens is 166 g/mol. The Hall–Kier alpha value is -0.410. The summed E-state index contributed by atoms with van der Waals surface area (Å²) in [5.74, 6) is 0. The van der Waals surface area contributed by atoms with Gasteiger partial charge in [-0.2, -0.15) is 0 Å². The van der Waals surface area contributed by atoms with Crippen molar-refractivity contribution in [2.24, 2.45) is 11.1 Å². The van der Waals surface area contributed by atoms with Gasteiger partial charge in [-0.1, -0.05) is 20.8 Å². The van der Waals surface area contributed by atoms with Crippen LogP contribution in [0.15, 0.2) is 0 Å². The maximum Gasteiger partial charge on any atom is 0.139 e. The number of carbonyl (C=O) groups excluding carboxylic acids is 1. The predicted octanol–water partition coefficient (Wildman–Crippen LogP) is 1.35. The highest BCUT2D eigenvalue weighted by Gasteiger charge is 2.33. The van der Waals surface area contributed by atoms with E-state index < -0.39 is 6.04 Å². The predicted molar refractivity (Wildman–Crippen MR) is 53.5 cm³/mol. The van der Waals surface area contributed by atoms with Gasteiger partial charge in [-0.25, -0.2) is 0 Å². The molecule has 2 N–H and O–H groups in total. The topological polar surface area (TPSA) is 52.3 Å². The third kappa shape index (κ3) is 3.87. The lowest BCUT2D eigenvalue weighted by molar-refractivity contribution is -0.117. The zero-order valence-electron chi connectivity index (χ0n) is 9.26. The van der Waals surface area contributed by atoms with Crippen LogP contribution in [0.1, 0.15) is 34.6 Å². The molecule has 1 atom stereocenters. The van der Waals surface area contributed by atoms with Crippen LogP contribution in [0, 0.1) is 5.41 Å². The molecule has 3 heteroatoms. The molecule has 0 aromatic heterocycles. The number of hydrogen-bond donors (Lipinski definition) is 1. The van der Waals surface area contributed by atoms with Crippen LogP contribution >= 0.6 is 0 Å². The Balaban J connectivity index is 4.11. The van der Waals surface area contributed by atoms with Crippen LogP contribution < -0.4 is 5.73 Å². The lowest BCUT2D eigenvalue weighted by Crippen LogP contribution is -2.43. The lowest BCUT2D eigenvalue weighted by atomic mass is 9.79. The maximum atomic E-state index is 10.3. The fourth-order valence-corrected chi connectivity index (χ4v) is 0.560. The molecule has 0 spiro atoms. The molecule has 0 aromatic carbocycles. The Morgan fingerprint density at radius 2 is 1.77 bits per heavy atom. The van der Waals surface area contributed by atoms with Crippen LogP contribution in [0.2, 0.25) is 0 Å². The Morgan fingerprint density at radius 3 is 2.08 bits per heavy atom. The fourth-order valence-electron chi connectivity index (χ4n) is 0.560. The first-order valence-corrected chi connectivity index (χ1v) is 4.55. The van der Waals surface area contributed by atoms with E-state index in [0.29, 0.717) is 6.29 Å². The SMILES string of the molecule is CC(C)(C)C(C)(C)OC[C@H](N)C=O. The highest BCUT2D eigenvalue weighted by Crippen LogP contribution is 2.32. The molecule has 3 nitrogen and oxygen atoms in total. The van der Waals surface area contributed by atoms with Crippen LogP contribution in [0.25, 0.3) is 0 Å². The Morgan fingerprint density at radius 1 is 1.31 bits per heavy atom. The van der Waals surface area contributed by atoms with Gasteiger partial charge in [0.15, 0.2) is 0 Å². The van der Waals surface area contributed by atoms with Crippen LogP contribution in [-0.2, 0) is 9.53 Å². The molecule has 0 fully saturated rings. The van der Waals surface area contributed by atoms with E-state index in [4.69, 9.17) is 10.5 Å². The van der Waals surface area contributed by atoms with Gasteiger partial charge in [-0.05, 0) is 19.3 Å². The summed E-state index contributed by atoms with van der Waals surface area (Å²) in [7, 11) is 0. The summed E-state index contributed by atoms with van der Waals surface area (Å²) >= 11 is 0. The van der Waals surface area contributed by atoms with E-state index in [1.807, 2.05) is 13.8 Å². The molecule has 0 aliphatic carbocycles. The smallest absolute Gasteiger partial charge is 0.139 e. The van der Waals surface area contributed by atoms with E-state index >= 15 is 0 Å². The van der Waals surface area contributed by atoms with Gasteiger partial charge in [0.05, 0.1) is 18.2 Å². The number of hydrogen-bond acceptors (Lipinski definition) is 3. The first kappa shape index (κ1) is 12.6. The number of carbonyl (C=O) groups is 1. The molecule has 0 saturated carbocycles. The molecule has 0 rings (SSSR count). The van der Waals surface area contributed by atoms with Crippen molar-refractivity contribution in [1.82, 2.24) is 0 Å². The number of aldehydes is 1. The molecular formula is C10H21NO2. The van der Waals surface area contributed by atoms with Crippen LogP contribution in [-0.4, -0.2) is 24.5 Å². The molecule has 0 aromatic rings. The van der Waals surface area contributed by atoms with Crippen LogP contribution in [0.4, 0.5) is 0 Å². The van der Waals surface area contributed by atoms with Gasteiger partial charge in [0, 0.05) is 0 Å². The molecule has 0 unspecified atom stereocenters. The third-order valence-electron chi connectivity index (χ3n) is 2.62. The molecule has 0 aliphatic rings. The standard InChI is InChI=1S/C10H21NO2/c1-9(2,3)10(4,5)13-7-8(11)6-12/h6,8H,7,11H2,1-5H3/t8-/m1/s1. The second-order valence-corrected chi connectivity index (χ2v) is 4.87. The van der Waals surface area contributed by atoms with E-state index in [-0.39, 0.29) is 17.6 Å². The minimum absolute atomic E-state index is 0.0373. The Bertz CT molecular complexity index is 170. The van der Waals surface area contributed by atoms with E-state index in [1.165, 1.54) is 0 Å². The summed E-state index contributed by atoms with van der Waals surface area (Å²) in [4.78, 5) is 10.3.